The van der Waals surface area contributed by atoms with Gasteiger partial charge in [0.15, 0.2) is 0 Å². The molecule has 0 radical (unpaired) electrons. The molecule has 7 nitrogen and oxygen atoms in total. The Kier molecular flexibility index (Phi) is 8.64. The molecular weight excluding hydrogens is 497 g/mol. The first kappa shape index (κ1) is 28.6. The van der Waals surface area contributed by atoms with Crippen molar-refractivity contribution >= 4 is 12.0 Å². The van der Waals surface area contributed by atoms with E-state index in [0.29, 0.717) is 57.0 Å². The molecule has 0 saturated carbocycles. The molecule has 2 aromatic carbocycles. The lowest BCUT2D eigenvalue weighted by molar-refractivity contribution is -0.130. The third kappa shape index (κ3) is 7.18. The molecule has 0 spiro atoms. The highest BCUT2D eigenvalue weighted by Gasteiger charge is 2.30. The number of carbonyl (C=O) groups is 2. The molecular formula is C31H40FN3O4. The first-order chi connectivity index (χ1) is 18.4. The summed E-state index contributed by atoms with van der Waals surface area (Å²) in [6, 6.07) is 11.2. The van der Waals surface area contributed by atoms with Crippen LogP contribution in [0.25, 0.3) is 0 Å². The Morgan fingerprint density at radius 3 is 2.56 bits per heavy atom. The fourth-order valence-electron chi connectivity index (χ4n) is 5.15. The summed E-state index contributed by atoms with van der Waals surface area (Å²) in [4.78, 5) is 30.5. The monoisotopic (exact) mass is 537 g/mol. The summed E-state index contributed by atoms with van der Waals surface area (Å²) in [5, 5.41) is 0. The van der Waals surface area contributed by atoms with Gasteiger partial charge < -0.3 is 19.3 Å². The normalized spacial score (nSPS) is 18.8. The highest BCUT2D eigenvalue weighted by atomic mass is 19.1. The van der Waals surface area contributed by atoms with Crippen molar-refractivity contribution in [2.75, 3.05) is 32.7 Å². The third-order valence-corrected chi connectivity index (χ3v) is 7.28. The SMILES string of the molecule is C=CC(=O)N1CCN(C[C@@H](Oc2ccc3c(c2)CCN(C(=O)OC(C)(C)C)C3)c2ccc(C)c(F)c2)C[C@H]1C. The standard InChI is InChI=1S/C31H40FN3O4/c1-7-29(36)35-15-14-33(18-22(35)3)20-28(24-9-8-21(2)27(32)17-24)38-26-11-10-25-19-34(13-12-23(25)16-26)30(37)39-31(4,5)6/h7-11,16-17,22,28H,1,12-15,18-20H2,2-6H3/t22-,28-/m1/s1. The number of hydrogen-bond acceptors (Lipinski definition) is 5. The summed E-state index contributed by atoms with van der Waals surface area (Å²) >= 11 is 0. The second-order valence-electron chi connectivity index (χ2n) is 11.5. The lowest BCUT2D eigenvalue weighted by Gasteiger charge is -2.40. The van der Waals surface area contributed by atoms with Crippen molar-refractivity contribution in [1.29, 1.82) is 0 Å². The van der Waals surface area contributed by atoms with Crippen molar-refractivity contribution in [3.05, 3.63) is 77.1 Å². The number of nitrogens with zero attached hydrogens (tertiary/aromatic N) is 3. The smallest absolute Gasteiger partial charge is 0.410 e. The van der Waals surface area contributed by atoms with Crippen molar-refractivity contribution in [1.82, 2.24) is 14.7 Å². The lowest BCUT2D eigenvalue weighted by atomic mass is 9.99. The van der Waals surface area contributed by atoms with E-state index >= 15 is 0 Å². The minimum absolute atomic E-state index is 0.0383. The van der Waals surface area contributed by atoms with Crippen LogP contribution in [-0.2, 0) is 22.5 Å². The minimum Gasteiger partial charge on any atom is -0.484 e. The molecule has 2 aliphatic heterocycles. The van der Waals surface area contributed by atoms with Crippen LogP contribution in [-0.4, -0.2) is 71.1 Å². The van der Waals surface area contributed by atoms with Crippen LogP contribution in [0.3, 0.4) is 0 Å². The fraction of sp³-hybridized carbons (Fsp3) is 0.484. The van der Waals surface area contributed by atoms with Gasteiger partial charge in [0, 0.05) is 45.3 Å². The van der Waals surface area contributed by atoms with Gasteiger partial charge in [-0.05, 0) is 87.6 Å². The van der Waals surface area contributed by atoms with Gasteiger partial charge >= 0.3 is 6.09 Å². The van der Waals surface area contributed by atoms with Gasteiger partial charge in [-0.15, -0.1) is 0 Å². The molecule has 0 aromatic heterocycles. The number of amides is 2. The molecule has 0 bridgehead atoms. The number of aryl methyl sites for hydroxylation is 1. The molecule has 1 fully saturated rings. The number of ether oxygens (including phenoxy) is 2. The molecule has 210 valence electrons. The maximum atomic E-state index is 14.6. The van der Waals surface area contributed by atoms with E-state index in [-0.39, 0.29) is 23.9 Å². The number of fused-ring (bicyclic) bond motifs is 1. The van der Waals surface area contributed by atoms with Gasteiger partial charge in [-0.3, -0.25) is 9.69 Å². The Labute approximate surface area is 231 Å². The Bertz CT molecular complexity index is 1220. The summed E-state index contributed by atoms with van der Waals surface area (Å²) in [6.45, 7) is 16.6. The molecule has 8 heteroatoms. The Hall–Kier alpha value is -3.39. The second-order valence-corrected chi connectivity index (χ2v) is 11.5. The zero-order valence-corrected chi connectivity index (χ0v) is 23.7. The molecule has 2 atom stereocenters. The van der Waals surface area contributed by atoms with E-state index in [4.69, 9.17) is 9.47 Å². The van der Waals surface area contributed by atoms with Crippen molar-refractivity contribution < 1.29 is 23.5 Å². The van der Waals surface area contributed by atoms with Gasteiger partial charge in [0.25, 0.3) is 0 Å². The van der Waals surface area contributed by atoms with E-state index in [0.717, 1.165) is 16.7 Å². The van der Waals surface area contributed by atoms with Crippen LogP contribution in [0, 0.1) is 12.7 Å². The zero-order valence-electron chi connectivity index (χ0n) is 23.7. The average molecular weight is 538 g/mol. The maximum absolute atomic E-state index is 14.6. The van der Waals surface area contributed by atoms with Crippen LogP contribution in [0.4, 0.5) is 9.18 Å². The summed E-state index contributed by atoms with van der Waals surface area (Å²) in [6.07, 6.45) is 1.36. The lowest BCUT2D eigenvalue weighted by Crippen LogP contribution is -2.54. The van der Waals surface area contributed by atoms with Crippen LogP contribution < -0.4 is 4.74 Å². The number of benzene rings is 2. The van der Waals surface area contributed by atoms with E-state index in [1.807, 2.05) is 56.9 Å². The minimum atomic E-state index is -0.537. The largest absolute Gasteiger partial charge is 0.484 e. The van der Waals surface area contributed by atoms with E-state index in [9.17, 15) is 14.0 Å². The van der Waals surface area contributed by atoms with Crippen molar-refractivity contribution in [2.24, 2.45) is 0 Å². The second kappa shape index (κ2) is 11.8. The summed E-state index contributed by atoms with van der Waals surface area (Å²) in [5.41, 5.74) is 3.02. The number of carbonyl (C=O) groups excluding carboxylic acids is 2. The zero-order chi connectivity index (χ0) is 28.3. The average Bonchev–Trinajstić information content (AvgIpc) is 2.88. The van der Waals surface area contributed by atoms with Crippen LogP contribution in [0.5, 0.6) is 5.75 Å². The van der Waals surface area contributed by atoms with Crippen molar-refractivity contribution in [3.8, 4) is 5.75 Å². The number of rotatable bonds is 6. The van der Waals surface area contributed by atoms with Gasteiger partial charge in [-0.25, -0.2) is 9.18 Å². The summed E-state index contributed by atoms with van der Waals surface area (Å²) in [7, 11) is 0. The van der Waals surface area contributed by atoms with Crippen LogP contribution >= 0.6 is 0 Å². The molecule has 2 amide bonds. The number of halogens is 1. The van der Waals surface area contributed by atoms with Crippen LogP contribution in [0.1, 0.15) is 56.1 Å². The van der Waals surface area contributed by atoms with Gasteiger partial charge in [0.2, 0.25) is 5.91 Å². The Morgan fingerprint density at radius 1 is 1.13 bits per heavy atom. The van der Waals surface area contributed by atoms with Crippen LogP contribution in [0.15, 0.2) is 49.1 Å². The number of hydrogen-bond donors (Lipinski definition) is 0. The summed E-state index contributed by atoms with van der Waals surface area (Å²) in [5.74, 6) is 0.386. The van der Waals surface area contributed by atoms with Gasteiger partial charge in [0.05, 0.1) is 0 Å². The molecule has 39 heavy (non-hydrogen) atoms. The quantitative estimate of drug-likeness (QED) is 0.470. The van der Waals surface area contributed by atoms with Gasteiger partial charge in [-0.1, -0.05) is 24.8 Å². The molecule has 0 aliphatic carbocycles. The van der Waals surface area contributed by atoms with E-state index < -0.39 is 11.7 Å². The first-order valence-corrected chi connectivity index (χ1v) is 13.6. The molecule has 2 aliphatic rings. The van der Waals surface area contributed by atoms with E-state index in [2.05, 4.69) is 11.5 Å². The Balaban J connectivity index is 1.50. The molecule has 0 N–H and O–H groups in total. The maximum Gasteiger partial charge on any atom is 0.410 e. The van der Waals surface area contributed by atoms with E-state index in [1.54, 1.807) is 24.0 Å². The number of piperazine rings is 1. The highest BCUT2D eigenvalue weighted by molar-refractivity contribution is 5.87. The van der Waals surface area contributed by atoms with Crippen molar-refractivity contribution in [2.45, 2.75) is 65.3 Å². The summed E-state index contributed by atoms with van der Waals surface area (Å²) < 4.78 is 26.6. The molecule has 2 heterocycles. The molecule has 2 aromatic rings. The highest BCUT2D eigenvalue weighted by Crippen LogP contribution is 2.30. The van der Waals surface area contributed by atoms with E-state index in [1.165, 1.54) is 6.08 Å². The predicted octanol–water partition coefficient (Wildman–Crippen LogP) is 5.27. The predicted molar refractivity (Wildman–Crippen MR) is 149 cm³/mol. The Morgan fingerprint density at radius 2 is 1.90 bits per heavy atom. The fourth-order valence-corrected chi connectivity index (χ4v) is 5.15. The molecule has 0 unspecified atom stereocenters. The molecule has 4 rings (SSSR count). The third-order valence-electron chi connectivity index (χ3n) is 7.28. The van der Waals surface area contributed by atoms with Crippen molar-refractivity contribution in [3.63, 3.8) is 0 Å². The molecule has 1 saturated heterocycles. The van der Waals surface area contributed by atoms with Gasteiger partial charge in [0.1, 0.15) is 23.3 Å². The first-order valence-electron chi connectivity index (χ1n) is 13.6. The van der Waals surface area contributed by atoms with Gasteiger partial charge in [-0.2, -0.15) is 0 Å². The van der Waals surface area contributed by atoms with Crippen LogP contribution in [0.2, 0.25) is 0 Å². The topological polar surface area (TPSA) is 62.3 Å².